The van der Waals surface area contributed by atoms with Gasteiger partial charge in [-0.3, -0.25) is 9.38 Å². The van der Waals surface area contributed by atoms with Crippen molar-refractivity contribution >= 4 is 11.6 Å². The predicted molar refractivity (Wildman–Crippen MR) is 106 cm³/mol. The third-order valence-electron chi connectivity index (χ3n) is 4.94. The van der Waals surface area contributed by atoms with Gasteiger partial charge in [0.25, 0.3) is 0 Å². The van der Waals surface area contributed by atoms with Crippen molar-refractivity contribution in [2.75, 3.05) is 18.0 Å². The summed E-state index contributed by atoms with van der Waals surface area (Å²) in [5, 5.41) is 0. The fourth-order valence-corrected chi connectivity index (χ4v) is 3.64. The van der Waals surface area contributed by atoms with Crippen molar-refractivity contribution in [3.8, 4) is 22.8 Å². The second kappa shape index (κ2) is 6.46. The van der Waals surface area contributed by atoms with Crippen molar-refractivity contribution in [2.24, 2.45) is 0 Å². The number of rotatable bonds is 3. The largest absolute Gasteiger partial charge is 0.341 e. The Hall–Kier alpha value is -3.28. The van der Waals surface area contributed by atoms with Crippen LogP contribution in [0.1, 0.15) is 18.5 Å². The maximum Gasteiger partial charge on any atom is 0.225 e. The molecule has 6 heteroatoms. The molecule has 0 saturated carbocycles. The molecule has 4 aromatic rings. The Labute approximate surface area is 157 Å². The van der Waals surface area contributed by atoms with Gasteiger partial charge in [-0.25, -0.2) is 15.0 Å². The van der Waals surface area contributed by atoms with Crippen LogP contribution in [0.15, 0.2) is 54.9 Å². The molecule has 0 bridgehead atoms. The first kappa shape index (κ1) is 15.9. The highest BCUT2D eigenvalue weighted by molar-refractivity contribution is 5.79. The van der Waals surface area contributed by atoms with E-state index in [9.17, 15) is 0 Å². The maximum atomic E-state index is 4.88. The Bertz CT molecular complexity index is 1110. The predicted octanol–water partition coefficient (Wildman–Crippen LogP) is 3.76. The van der Waals surface area contributed by atoms with Crippen LogP contribution in [0.2, 0.25) is 0 Å². The highest BCUT2D eigenvalue weighted by Crippen LogP contribution is 2.31. The van der Waals surface area contributed by atoms with Crippen molar-refractivity contribution in [2.45, 2.75) is 19.8 Å². The summed E-state index contributed by atoms with van der Waals surface area (Å²) in [4.78, 5) is 21.2. The van der Waals surface area contributed by atoms with Gasteiger partial charge in [0.1, 0.15) is 17.0 Å². The second-order valence-electron chi connectivity index (χ2n) is 6.84. The summed E-state index contributed by atoms with van der Waals surface area (Å²) in [5.41, 5.74) is 5.37. The van der Waals surface area contributed by atoms with Gasteiger partial charge in [-0.15, -0.1) is 0 Å². The summed E-state index contributed by atoms with van der Waals surface area (Å²) in [6.45, 7) is 4.03. The van der Waals surface area contributed by atoms with Crippen molar-refractivity contribution in [1.82, 2.24) is 24.3 Å². The van der Waals surface area contributed by atoms with E-state index in [0.29, 0.717) is 0 Å². The van der Waals surface area contributed by atoms with Crippen LogP contribution in [0.5, 0.6) is 0 Å². The minimum Gasteiger partial charge on any atom is -0.341 e. The van der Waals surface area contributed by atoms with Crippen LogP contribution in [-0.4, -0.2) is 37.4 Å². The number of aromatic nitrogens is 5. The van der Waals surface area contributed by atoms with Gasteiger partial charge in [-0.05, 0) is 50.1 Å². The van der Waals surface area contributed by atoms with Gasteiger partial charge in [0.2, 0.25) is 5.95 Å². The number of hydrogen-bond acceptors (Lipinski definition) is 5. The quantitative estimate of drug-likeness (QED) is 0.559. The van der Waals surface area contributed by atoms with Gasteiger partial charge < -0.3 is 4.90 Å². The number of pyridine rings is 2. The number of hydrogen-bond donors (Lipinski definition) is 0. The van der Waals surface area contributed by atoms with Crippen molar-refractivity contribution in [1.29, 1.82) is 0 Å². The first-order valence-corrected chi connectivity index (χ1v) is 9.29. The molecule has 4 aromatic heterocycles. The Morgan fingerprint density at radius 3 is 2.59 bits per heavy atom. The van der Waals surface area contributed by atoms with E-state index in [1.54, 1.807) is 0 Å². The van der Waals surface area contributed by atoms with Crippen LogP contribution in [0.4, 0.5) is 5.95 Å². The first-order valence-electron chi connectivity index (χ1n) is 9.29. The molecule has 0 amide bonds. The van der Waals surface area contributed by atoms with Crippen LogP contribution in [0.25, 0.3) is 28.4 Å². The van der Waals surface area contributed by atoms with E-state index in [4.69, 9.17) is 15.0 Å². The number of imidazole rings is 1. The standard InChI is InChI=1S/C21H20N6/c1-15-7-6-8-16(23-15)19-20(27-14-3-2-9-18(27)25-19)17-10-11-22-21(24-17)26-12-4-5-13-26/h2-3,6-11,14H,4-5,12-13H2,1H3. The van der Waals surface area contributed by atoms with E-state index in [1.807, 2.05) is 61.8 Å². The summed E-state index contributed by atoms with van der Waals surface area (Å²) in [5.74, 6) is 0.791. The highest BCUT2D eigenvalue weighted by Gasteiger charge is 2.20. The molecule has 134 valence electrons. The second-order valence-corrected chi connectivity index (χ2v) is 6.84. The van der Waals surface area contributed by atoms with Crippen LogP contribution < -0.4 is 4.90 Å². The summed E-state index contributed by atoms with van der Waals surface area (Å²) in [7, 11) is 0. The average molecular weight is 356 g/mol. The lowest BCUT2D eigenvalue weighted by molar-refractivity contribution is 0.898. The fraction of sp³-hybridized carbons (Fsp3) is 0.238. The topological polar surface area (TPSA) is 59.2 Å². The van der Waals surface area contributed by atoms with Crippen LogP contribution >= 0.6 is 0 Å². The monoisotopic (exact) mass is 356 g/mol. The number of fused-ring (bicyclic) bond motifs is 1. The molecular formula is C21H20N6. The normalized spacial score (nSPS) is 14.2. The summed E-state index contributed by atoms with van der Waals surface area (Å²) >= 11 is 0. The van der Waals surface area contributed by atoms with Gasteiger partial charge in [0.05, 0.1) is 11.4 Å². The molecule has 6 nitrogen and oxygen atoms in total. The van der Waals surface area contributed by atoms with E-state index < -0.39 is 0 Å². The molecule has 1 fully saturated rings. The minimum absolute atomic E-state index is 0.791. The average Bonchev–Trinajstić information content (AvgIpc) is 3.36. The van der Waals surface area contributed by atoms with E-state index in [2.05, 4.69) is 14.3 Å². The third-order valence-corrected chi connectivity index (χ3v) is 4.94. The molecular weight excluding hydrogens is 336 g/mol. The lowest BCUT2D eigenvalue weighted by Gasteiger charge is -2.15. The Morgan fingerprint density at radius 1 is 0.852 bits per heavy atom. The molecule has 5 rings (SSSR count). The zero-order valence-corrected chi connectivity index (χ0v) is 15.2. The molecule has 0 radical (unpaired) electrons. The van der Waals surface area contributed by atoms with Crippen LogP contribution in [0, 0.1) is 6.92 Å². The maximum absolute atomic E-state index is 4.88. The highest BCUT2D eigenvalue weighted by atomic mass is 15.3. The lowest BCUT2D eigenvalue weighted by Crippen LogP contribution is -2.20. The molecule has 0 atom stereocenters. The van der Waals surface area contributed by atoms with E-state index >= 15 is 0 Å². The molecule has 1 saturated heterocycles. The molecule has 5 heterocycles. The summed E-state index contributed by atoms with van der Waals surface area (Å²) in [6, 6.07) is 14.0. The molecule has 1 aliphatic heterocycles. The van der Waals surface area contributed by atoms with Gasteiger partial charge in [0, 0.05) is 31.2 Å². The molecule has 0 aromatic carbocycles. The SMILES string of the molecule is Cc1cccc(-c2nc3ccccn3c2-c2ccnc(N3CCCC3)n2)n1. The molecule has 0 spiro atoms. The van der Waals surface area contributed by atoms with Gasteiger partial charge in [-0.1, -0.05) is 12.1 Å². The number of aryl methyl sites for hydroxylation is 1. The van der Waals surface area contributed by atoms with Crippen LogP contribution in [-0.2, 0) is 0 Å². The van der Waals surface area contributed by atoms with Crippen molar-refractivity contribution < 1.29 is 0 Å². The van der Waals surface area contributed by atoms with E-state index in [0.717, 1.165) is 53.2 Å². The molecule has 0 N–H and O–H groups in total. The lowest BCUT2D eigenvalue weighted by atomic mass is 10.1. The zero-order chi connectivity index (χ0) is 18.2. The Morgan fingerprint density at radius 2 is 1.74 bits per heavy atom. The van der Waals surface area contributed by atoms with Crippen LogP contribution in [0.3, 0.4) is 0 Å². The van der Waals surface area contributed by atoms with Gasteiger partial charge in [0.15, 0.2) is 0 Å². The third kappa shape index (κ3) is 2.83. The van der Waals surface area contributed by atoms with E-state index in [-0.39, 0.29) is 0 Å². The fourth-order valence-electron chi connectivity index (χ4n) is 3.64. The number of nitrogens with zero attached hydrogens (tertiary/aromatic N) is 6. The summed E-state index contributed by atoms with van der Waals surface area (Å²) in [6.07, 6.45) is 6.25. The number of anilines is 1. The Balaban J connectivity index is 1.72. The molecule has 0 aliphatic carbocycles. The van der Waals surface area contributed by atoms with Crippen molar-refractivity contribution in [3.63, 3.8) is 0 Å². The van der Waals surface area contributed by atoms with Crippen molar-refractivity contribution in [3.05, 3.63) is 60.6 Å². The van der Waals surface area contributed by atoms with E-state index in [1.165, 1.54) is 12.8 Å². The summed E-state index contributed by atoms with van der Waals surface area (Å²) < 4.78 is 2.08. The minimum atomic E-state index is 0.791. The molecule has 27 heavy (non-hydrogen) atoms. The molecule has 1 aliphatic rings. The first-order chi connectivity index (χ1) is 13.3. The molecule has 0 unspecified atom stereocenters. The van der Waals surface area contributed by atoms with Gasteiger partial charge in [-0.2, -0.15) is 0 Å². The smallest absolute Gasteiger partial charge is 0.225 e. The van der Waals surface area contributed by atoms with Gasteiger partial charge >= 0.3 is 0 Å². The Kier molecular flexibility index (Phi) is 3.81. The zero-order valence-electron chi connectivity index (χ0n) is 15.2.